The Kier molecular flexibility index (Phi) is 3.04. The molecule has 1 aromatic rings. The zero-order chi connectivity index (χ0) is 14.4. The monoisotopic (exact) mass is 260 g/mol. The first-order valence-corrected chi connectivity index (χ1v) is 6.13. The molecule has 2 rings (SSSR count). The number of carbonyl (C=O) groups is 3. The maximum Gasteiger partial charge on any atom is 0.170 e. The van der Waals surface area contributed by atoms with Gasteiger partial charge < -0.3 is 4.74 Å². The average Bonchev–Trinajstić information content (AvgIpc) is 2.25. The van der Waals surface area contributed by atoms with Crippen LogP contribution in [0.4, 0.5) is 0 Å². The summed E-state index contributed by atoms with van der Waals surface area (Å²) in [5.74, 6) is -0.191. The number of ketones is 3. The van der Waals surface area contributed by atoms with Gasteiger partial charge in [0.2, 0.25) is 0 Å². The molecule has 0 amide bonds. The van der Waals surface area contributed by atoms with Crippen LogP contribution in [0.3, 0.4) is 0 Å². The molecule has 4 heteroatoms. The Bertz CT molecular complexity index is 579. The molecule has 0 saturated heterocycles. The van der Waals surface area contributed by atoms with Crippen LogP contribution >= 0.6 is 0 Å². The number of hydrogen-bond donors (Lipinski definition) is 0. The minimum absolute atomic E-state index is 0.100. The van der Waals surface area contributed by atoms with Crippen molar-refractivity contribution in [3.8, 4) is 5.75 Å². The van der Waals surface area contributed by atoms with E-state index in [0.29, 0.717) is 22.4 Å². The van der Waals surface area contributed by atoms with Crippen molar-refractivity contribution in [1.29, 1.82) is 0 Å². The molecule has 0 unspecified atom stereocenters. The zero-order valence-electron chi connectivity index (χ0n) is 11.5. The molecule has 100 valence electrons. The van der Waals surface area contributed by atoms with Crippen LogP contribution in [0.25, 0.3) is 0 Å². The van der Waals surface area contributed by atoms with E-state index in [2.05, 4.69) is 0 Å². The number of ether oxygens (including phenoxy) is 1. The van der Waals surface area contributed by atoms with Gasteiger partial charge in [-0.2, -0.15) is 0 Å². The molecule has 1 aromatic carbocycles. The lowest BCUT2D eigenvalue weighted by Crippen LogP contribution is -2.36. The van der Waals surface area contributed by atoms with Gasteiger partial charge in [0.1, 0.15) is 11.4 Å². The third-order valence-electron chi connectivity index (χ3n) is 3.14. The number of carbonyl (C=O) groups excluding carboxylic acids is 3. The second-order valence-electron chi connectivity index (χ2n) is 5.47. The van der Waals surface area contributed by atoms with Crippen molar-refractivity contribution in [3.05, 3.63) is 28.8 Å². The summed E-state index contributed by atoms with van der Waals surface area (Å²) in [6.45, 7) is 6.41. The molecule has 0 radical (unpaired) electrons. The quantitative estimate of drug-likeness (QED) is 0.767. The van der Waals surface area contributed by atoms with Crippen LogP contribution in [0, 0.1) is 0 Å². The lowest BCUT2D eigenvalue weighted by atomic mass is 9.89. The van der Waals surface area contributed by atoms with Crippen molar-refractivity contribution < 1.29 is 19.1 Å². The van der Waals surface area contributed by atoms with Crippen molar-refractivity contribution in [1.82, 2.24) is 0 Å². The summed E-state index contributed by atoms with van der Waals surface area (Å²) in [6.07, 6.45) is 0.235. The SMILES string of the molecule is CC(=O)c1cc(C(C)=O)c2c(c1)C(=O)CC(C)(C)O2. The average molecular weight is 260 g/mol. The van der Waals surface area contributed by atoms with Gasteiger partial charge in [-0.15, -0.1) is 0 Å². The largest absolute Gasteiger partial charge is 0.486 e. The zero-order valence-corrected chi connectivity index (χ0v) is 11.5. The van der Waals surface area contributed by atoms with E-state index in [1.165, 1.54) is 26.0 Å². The summed E-state index contributed by atoms with van der Waals surface area (Å²) in [7, 11) is 0. The normalized spacial score (nSPS) is 16.5. The number of fused-ring (bicyclic) bond motifs is 1. The molecular formula is C15H16O4. The van der Waals surface area contributed by atoms with Gasteiger partial charge in [-0.25, -0.2) is 0 Å². The summed E-state index contributed by atoms with van der Waals surface area (Å²) in [5.41, 5.74) is 0.355. The minimum atomic E-state index is -0.633. The smallest absolute Gasteiger partial charge is 0.170 e. The molecule has 0 atom stereocenters. The Hall–Kier alpha value is -1.97. The van der Waals surface area contributed by atoms with Crippen molar-refractivity contribution in [2.45, 2.75) is 39.7 Å². The Balaban J connectivity index is 2.71. The van der Waals surface area contributed by atoms with Gasteiger partial charge in [-0.3, -0.25) is 14.4 Å². The molecule has 1 aliphatic heterocycles. The van der Waals surface area contributed by atoms with Crippen molar-refractivity contribution in [2.24, 2.45) is 0 Å². The van der Waals surface area contributed by atoms with Crippen molar-refractivity contribution >= 4 is 17.3 Å². The Morgan fingerprint density at radius 3 is 2.32 bits per heavy atom. The molecule has 0 spiro atoms. The van der Waals surface area contributed by atoms with E-state index in [-0.39, 0.29) is 23.8 Å². The van der Waals surface area contributed by atoms with Gasteiger partial charge in [0.05, 0.1) is 17.5 Å². The van der Waals surface area contributed by atoms with E-state index in [0.717, 1.165) is 0 Å². The van der Waals surface area contributed by atoms with Crippen LogP contribution in [-0.2, 0) is 0 Å². The highest BCUT2D eigenvalue weighted by molar-refractivity contribution is 6.09. The molecule has 0 bridgehead atoms. The molecule has 0 aromatic heterocycles. The summed E-state index contributed by atoms with van der Waals surface area (Å²) in [6, 6.07) is 3.01. The first kappa shape index (κ1) is 13.5. The fraction of sp³-hybridized carbons (Fsp3) is 0.400. The van der Waals surface area contributed by atoms with E-state index >= 15 is 0 Å². The standard InChI is InChI=1S/C15H16O4/c1-8(16)10-5-11(9(2)17)14-12(6-10)13(18)7-15(3,4)19-14/h5-6H,7H2,1-4H3. The lowest BCUT2D eigenvalue weighted by Gasteiger charge is -2.32. The van der Waals surface area contributed by atoms with E-state index in [9.17, 15) is 14.4 Å². The summed E-state index contributed by atoms with van der Waals surface area (Å²) in [4.78, 5) is 35.3. The molecule has 1 aliphatic rings. The Labute approximate surface area is 111 Å². The lowest BCUT2D eigenvalue weighted by molar-refractivity contribution is 0.0612. The molecule has 0 saturated carbocycles. The Morgan fingerprint density at radius 1 is 1.16 bits per heavy atom. The fourth-order valence-corrected chi connectivity index (χ4v) is 2.20. The van der Waals surface area contributed by atoms with E-state index < -0.39 is 5.60 Å². The molecule has 19 heavy (non-hydrogen) atoms. The van der Waals surface area contributed by atoms with Gasteiger partial charge in [-0.05, 0) is 39.8 Å². The van der Waals surface area contributed by atoms with E-state index in [1.54, 1.807) is 13.8 Å². The maximum absolute atomic E-state index is 12.1. The maximum atomic E-state index is 12.1. The summed E-state index contributed by atoms with van der Waals surface area (Å²) in [5, 5.41) is 0. The van der Waals surface area contributed by atoms with Crippen molar-refractivity contribution in [3.63, 3.8) is 0 Å². The number of hydrogen-bond acceptors (Lipinski definition) is 4. The molecule has 0 aliphatic carbocycles. The number of Topliss-reactive ketones (excluding diaryl/α,β-unsaturated/α-hetero) is 3. The minimum Gasteiger partial charge on any atom is -0.486 e. The summed E-state index contributed by atoms with van der Waals surface area (Å²) < 4.78 is 5.76. The first-order valence-electron chi connectivity index (χ1n) is 6.13. The van der Waals surface area contributed by atoms with Gasteiger partial charge in [0.25, 0.3) is 0 Å². The number of benzene rings is 1. The van der Waals surface area contributed by atoms with Crippen LogP contribution in [0.1, 0.15) is 65.2 Å². The van der Waals surface area contributed by atoms with E-state index in [1.807, 2.05) is 0 Å². The third-order valence-corrected chi connectivity index (χ3v) is 3.14. The highest BCUT2D eigenvalue weighted by Gasteiger charge is 2.35. The van der Waals surface area contributed by atoms with Gasteiger partial charge in [-0.1, -0.05) is 0 Å². The number of rotatable bonds is 2. The third kappa shape index (κ3) is 2.43. The Morgan fingerprint density at radius 2 is 1.79 bits per heavy atom. The van der Waals surface area contributed by atoms with Crippen LogP contribution in [0.5, 0.6) is 5.75 Å². The van der Waals surface area contributed by atoms with Crippen LogP contribution in [0.2, 0.25) is 0 Å². The van der Waals surface area contributed by atoms with Crippen LogP contribution < -0.4 is 4.74 Å². The molecule has 1 heterocycles. The highest BCUT2D eigenvalue weighted by atomic mass is 16.5. The van der Waals surface area contributed by atoms with Crippen molar-refractivity contribution in [2.75, 3.05) is 0 Å². The predicted molar refractivity (Wildman–Crippen MR) is 70.1 cm³/mol. The fourth-order valence-electron chi connectivity index (χ4n) is 2.20. The molecule has 4 nitrogen and oxygen atoms in total. The highest BCUT2D eigenvalue weighted by Crippen LogP contribution is 2.37. The molecule has 0 N–H and O–H groups in total. The second kappa shape index (κ2) is 4.30. The molecular weight excluding hydrogens is 244 g/mol. The van der Waals surface area contributed by atoms with Gasteiger partial charge >= 0.3 is 0 Å². The second-order valence-corrected chi connectivity index (χ2v) is 5.47. The van der Waals surface area contributed by atoms with E-state index in [4.69, 9.17) is 4.74 Å². The topological polar surface area (TPSA) is 60.4 Å². The van der Waals surface area contributed by atoms with Gasteiger partial charge in [0.15, 0.2) is 17.3 Å². The predicted octanol–water partition coefficient (Wildman–Crippen LogP) is 2.84. The summed E-state index contributed by atoms with van der Waals surface area (Å²) >= 11 is 0. The van der Waals surface area contributed by atoms with Crippen LogP contribution in [0.15, 0.2) is 12.1 Å². The van der Waals surface area contributed by atoms with Crippen LogP contribution in [-0.4, -0.2) is 23.0 Å². The molecule has 0 fully saturated rings. The first-order chi connectivity index (χ1) is 8.71. The van der Waals surface area contributed by atoms with Gasteiger partial charge in [0, 0.05) is 5.56 Å².